The summed E-state index contributed by atoms with van der Waals surface area (Å²) in [5.41, 5.74) is 3.58. The van der Waals surface area contributed by atoms with Crippen LogP contribution in [-0.2, 0) is 19.4 Å². The standard InChI is InChI=1S/C20H22N4O5S/c1-20(2,30(26,27)12-13-9-10-28-11-13)18(25)22-19-21-17(23-24-19)14-3-5-15(6-4-14)29-16-7-8-16/h3-7,13H,9-12H2,1-2H3,(H2,21,22,23,24,25). The second-order valence-electron chi connectivity index (χ2n) is 7.76. The highest BCUT2D eigenvalue weighted by Gasteiger charge is 2.43. The van der Waals surface area contributed by atoms with E-state index in [2.05, 4.69) is 26.2 Å². The topological polar surface area (TPSA) is 123 Å². The van der Waals surface area contributed by atoms with Crippen LogP contribution >= 0.6 is 0 Å². The third-order valence-electron chi connectivity index (χ3n) is 5.13. The van der Waals surface area contributed by atoms with Crippen molar-refractivity contribution in [2.24, 2.45) is 5.92 Å². The lowest BCUT2D eigenvalue weighted by molar-refractivity contribution is -0.117. The van der Waals surface area contributed by atoms with E-state index in [9.17, 15) is 13.2 Å². The number of amides is 1. The van der Waals surface area contributed by atoms with Crippen LogP contribution in [0.4, 0.5) is 5.95 Å². The first-order valence-electron chi connectivity index (χ1n) is 9.53. The predicted octanol–water partition coefficient (Wildman–Crippen LogP) is 2.07. The Kier molecular flexibility index (Phi) is 5.23. The zero-order valence-electron chi connectivity index (χ0n) is 16.6. The van der Waals surface area contributed by atoms with Crippen molar-refractivity contribution in [1.82, 2.24) is 15.2 Å². The summed E-state index contributed by atoms with van der Waals surface area (Å²) in [6.45, 7) is 3.74. The van der Waals surface area contributed by atoms with E-state index in [0.29, 0.717) is 37.0 Å². The van der Waals surface area contributed by atoms with Crippen LogP contribution in [0.3, 0.4) is 0 Å². The Balaban J connectivity index is 1.41. The molecule has 2 heterocycles. The molecule has 4 rings (SSSR count). The van der Waals surface area contributed by atoms with Crippen molar-refractivity contribution in [2.75, 3.05) is 24.3 Å². The van der Waals surface area contributed by atoms with Crippen LogP contribution in [0, 0.1) is 5.92 Å². The summed E-state index contributed by atoms with van der Waals surface area (Å²) >= 11 is 0. The molecule has 0 spiro atoms. The first-order chi connectivity index (χ1) is 14.2. The summed E-state index contributed by atoms with van der Waals surface area (Å²) in [7, 11) is -3.70. The highest BCUT2D eigenvalue weighted by Crippen LogP contribution is 2.26. The summed E-state index contributed by atoms with van der Waals surface area (Å²) in [6, 6.07) is 7.14. The molecule has 1 amide bonds. The molecule has 9 nitrogen and oxygen atoms in total. The maximum Gasteiger partial charge on any atom is 0.249 e. The molecule has 1 fully saturated rings. The second-order valence-corrected chi connectivity index (χ2v) is 10.3. The lowest BCUT2D eigenvalue weighted by Gasteiger charge is -2.24. The number of benzene rings is 1. The number of aromatic amines is 1. The van der Waals surface area contributed by atoms with Crippen LogP contribution in [0.5, 0.6) is 5.75 Å². The average molecular weight is 430 g/mol. The number of anilines is 1. The van der Waals surface area contributed by atoms with Crippen LogP contribution in [0.25, 0.3) is 11.4 Å². The summed E-state index contributed by atoms with van der Waals surface area (Å²) in [5, 5.41) is 9.23. The number of hydrogen-bond donors (Lipinski definition) is 2. The van der Waals surface area contributed by atoms with E-state index in [1.54, 1.807) is 30.3 Å². The Bertz CT molecular complexity index is 1120. The van der Waals surface area contributed by atoms with Gasteiger partial charge in [-0.15, -0.1) is 5.10 Å². The van der Waals surface area contributed by atoms with Gasteiger partial charge in [-0.25, -0.2) is 8.42 Å². The van der Waals surface area contributed by atoms with E-state index in [1.165, 1.54) is 13.8 Å². The summed E-state index contributed by atoms with van der Waals surface area (Å²) in [5.74, 6) is 0.956. The van der Waals surface area contributed by atoms with E-state index in [4.69, 9.17) is 9.47 Å². The molecule has 0 saturated carbocycles. The van der Waals surface area contributed by atoms with Gasteiger partial charge in [-0.1, -0.05) is 5.73 Å². The molecule has 1 aromatic carbocycles. The van der Waals surface area contributed by atoms with Crippen LogP contribution in [0.2, 0.25) is 0 Å². The molecule has 1 unspecified atom stereocenters. The van der Waals surface area contributed by atoms with Gasteiger partial charge in [0.25, 0.3) is 0 Å². The largest absolute Gasteiger partial charge is 0.448 e. The molecular formula is C20H22N4O5S. The number of nitrogens with zero attached hydrogens (tertiary/aromatic N) is 2. The van der Waals surface area contributed by atoms with Crippen molar-refractivity contribution in [1.29, 1.82) is 0 Å². The Morgan fingerprint density at radius 2 is 2.10 bits per heavy atom. The fraction of sp³-hybridized carbons (Fsp3) is 0.400. The van der Waals surface area contributed by atoms with E-state index < -0.39 is 20.5 Å². The smallest absolute Gasteiger partial charge is 0.249 e. The first-order valence-corrected chi connectivity index (χ1v) is 11.2. The molecule has 2 aliphatic rings. The van der Waals surface area contributed by atoms with Crippen molar-refractivity contribution in [3.05, 3.63) is 41.8 Å². The van der Waals surface area contributed by atoms with Gasteiger partial charge in [0.05, 0.1) is 12.4 Å². The third-order valence-corrected chi connectivity index (χ3v) is 7.78. The number of nitrogens with one attached hydrogen (secondary N) is 2. The number of H-pyrrole nitrogens is 1. The molecule has 10 heteroatoms. The molecule has 1 aromatic heterocycles. The number of aromatic nitrogens is 3. The number of ether oxygens (including phenoxy) is 2. The van der Waals surface area contributed by atoms with Gasteiger partial charge in [-0.05, 0) is 50.5 Å². The molecule has 30 heavy (non-hydrogen) atoms. The maximum atomic E-state index is 12.8. The first kappa shape index (κ1) is 20.3. The van der Waals surface area contributed by atoms with Gasteiger partial charge in [-0.3, -0.25) is 15.2 Å². The van der Waals surface area contributed by atoms with Crippen LogP contribution in [0.1, 0.15) is 20.3 Å². The number of sulfone groups is 1. The van der Waals surface area contributed by atoms with Gasteiger partial charge in [0, 0.05) is 18.2 Å². The maximum absolute atomic E-state index is 12.8. The van der Waals surface area contributed by atoms with Crippen molar-refractivity contribution >= 4 is 21.7 Å². The van der Waals surface area contributed by atoms with E-state index in [-0.39, 0.29) is 17.6 Å². The molecule has 2 N–H and O–H groups in total. The Labute approximate surface area is 174 Å². The zero-order chi connectivity index (χ0) is 21.4. The molecule has 0 radical (unpaired) electrons. The van der Waals surface area contributed by atoms with Crippen LogP contribution in [0.15, 0.2) is 41.8 Å². The molecule has 158 valence electrons. The molecule has 0 bridgehead atoms. The highest BCUT2D eigenvalue weighted by atomic mass is 32.2. The van der Waals surface area contributed by atoms with Crippen molar-refractivity contribution in [3.63, 3.8) is 0 Å². The van der Waals surface area contributed by atoms with Crippen molar-refractivity contribution in [2.45, 2.75) is 25.0 Å². The zero-order valence-corrected chi connectivity index (χ0v) is 17.5. The summed E-state index contributed by atoms with van der Waals surface area (Å²) in [4.78, 5) is 17.0. The van der Waals surface area contributed by atoms with E-state index in [0.717, 1.165) is 5.56 Å². The Morgan fingerprint density at radius 3 is 2.73 bits per heavy atom. The fourth-order valence-corrected chi connectivity index (χ4v) is 4.60. The summed E-state index contributed by atoms with van der Waals surface area (Å²) in [6.07, 6.45) is 2.42. The van der Waals surface area contributed by atoms with Gasteiger partial charge >= 0.3 is 0 Å². The van der Waals surface area contributed by atoms with E-state index in [1.807, 2.05) is 0 Å². The lowest BCUT2D eigenvalue weighted by atomic mass is 10.2. The third kappa shape index (κ3) is 4.30. The number of rotatable bonds is 8. The summed E-state index contributed by atoms with van der Waals surface area (Å²) < 4.78 is 34.7. The number of carbonyl (C=O) groups is 1. The molecule has 1 saturated heterocycles. The molecular weight excluding hydrogens is 408 g/mol. The second kappa shape index (κ2) is 7.71. The van der Waals surface area contributed by atoms with Gasteiger partial charge in [-0.2, -0.15) is 4.98 Å². The van der Waals surface area contributed by atoms with Gasteiger partial charge < -0.3 is 9.47 Å². The Morgan fingerprint density at radius 1 is 1.37 bits per heavy atom. The lowest BCUT2D eigenvalue weighted by Crippen LogP contribution is -2.46. The van der Waals surface area contributed by atoms with Crippen molar-refractivity contribution < 1.29 is 22.7 Å². The minimum Gasteiger partial charge on any atom is -0.448 e. The Hall–Kier alpha value is -2.94. The van der Waals surface area contributed by atoms with Gasteiger partial charge in [0.2, 0.25) is 11.9 Å². The molecule has 1 aliphatic heterocycles. The normalized spacial score (nSPS) is 18.2. The minimum absolute atomic E-state index is 0.00939. The minimum atomic E-state index is -3.70. The fourth-order valence-electron chi connectivity index (χ4n) is 2.97. The molecule has 1 atom stereocenters. The SMILES string of the molecule is CC(C)(C(=O)Nc1n[nH]c(-c2ccc(OC3=C=C3)cc2)n1)S(=O)(=O)CC1CCOC1. The highest BCUT2D eigenvalue weighted by molar-refractivity contribution is 7.93. The average Bonchev–Trinajstić information content (AvgIpc) is 3.15. The van der Waals surface area contributed by atoms with E-state index >= 15 is 0 Å². The van der Waals surface area contributed by atoms with Crippen LogP contribution in [-0.4, -0.2) is 53.2 Å². The number of hydrogen-bond acceptors (Lipinski definition) is 7. The van der Waals surface area contributed by atoms with Gasteiger partial charge in [0.15, 0.2) is 21.4 Å². The monoisotopic (exact) mass is 430 g/mol. The quantitative estimate of drug-likeness (QED) is 0.615. The molecule has 1 aliphatic carbocycles. The van der Waals surface area contributed by atoms with Crippen molar-refractivity contribution in [3.8, 4) is 17.1 Å². The number of carbonyl (C=O) groups excluding carboxylic acids is 1. The van der Waals surface area contributed by atoms with Crippen LogP contribution < -0.4 is 10.1 Å². The predicted molar refractivity (Wildman–Crippen MR) is 109 cm³/mol. The van der Waals surface area contributed by atoms with Gasteiger partial charge in [0.1, 0.15) is 10.5 Å². The molecule has 2 aromatic rings.